The van der Waals surface area contributed by atoms with E-state index in [1.807, 2.05) is 4.98 Å². The average Bonchev–Trinajstić information content (AvgIpc) is 2.25. The molecule has 0 saturated carbocycles. The van der Waals surface area contributed by atoms with Crippen LogP contribution in [0.1, 0.15) is 5.56 Å². The zero-order valence-electron chi connectivity index (χ0n) is 8.25. The Labute approximate surface area is 101 Å². The third kappa shape index (κ3) is 1.82. The van der Waals surface area contributed by atoms with Gasteiger partial charge in [0.1, 0.15) is 0 Å². The molecule has 10 heteroatoms. The van der Waals surface area contributed by atoms with E-state index in [2.05, 4.69) is 4.98 Å². The van der Waals surface area contributed by atoms with E-state index in [9.17, 15) is 28.0 Å². The summed E-state index contributed by atoms with van der Waals surface area (Å²) in [5.74, 6) is -0.572. The predicted octanol–water partition coefficient (Wildman–Crippen LogP) is 0.946. The number of rotatable bonds is 0. The largest absolute Gasteiger partial charge is 0.425 e. The second-order valence-electron chi connectivity index (χ2n) is 3.27. The number of nitrogens with zero attached hydrogens (tertiary/aromatic N) is 2. The van der Waals surface area contributed by atoms with E-state index in [1.54, 1.807) is 0 Å². The van der Waals surface area contributed by atoms with E-state index in [4.69, 9.17) is 11.6 Å². The molecule has 18 heavy (non-hydrogen) atoms. The summed E-state index contributed by atoms with van der Waals surface area (Å²) in [4.78, 5) is 26.9. The summed E-state index contributed by atoms with van der Waals surface area (Å²) in [6.45, 7) is 0. The SMILES string of the molecule is O=c1nc2n(O)c(Cl)c(C(F)(F)F)cc-2[nH]c1=O. The summed E-state index contributed by atoms with van der Waals surface area (Å²) in [6, 6.07) is 0.484. The molecule has 0 fully saturated rings. The second kappa shape index (κ2) is 3.73. The molecule has 0 aromatic carbocycles. The Morgan fingerprint density at radius 2 is 2.00 bits per heavy atom. The fourth-order valence-corrected chi connectivity index (χ4v) is 1.55. The van der Waals surface area contributed by atoms with Gasteiger partial charge in [0.05, 0.1) is 11.3 Å². The molecule has 0 atom stereocenters. The van der Waals surface area contributed by atoms with Gasteiger partial charge in [-0.25, -0.2) is 0 Å². The van der Waals surface area contributed by atoms with E-state index in [0.717, 1.165) is 0 Å². The van der Waals surface area contributed by atoms with Crippen LogP contribution in [0.25, 0.3) is 11.5 Å². The average molecular weight is 282 g/mol. The van der Waals surface area contributed by atoms with Crippen molar-refractivity contribution in [3.63, 3.8) is 0 Å². The molecule has 96 valence electrons. The maximum Gasteiger partial charge on any atom is 0.419 e. The minimum atomic E-state index is -4.83. The van der Waals surface area contributed by atoms with Gasteiger partial charge >= 0.3 is 17.3 Å². The van der Waals surface area contributed by atoms with Crippen molar-refractivity contribution in [2.45, 2.75) is 6.18 Å². The highest BCUT2D eigenvalue weighted by atomic mass is 35.5. The van der Waals surface area contributed by atoms with Crippen LogP contribution in [0.3, 0.4) is 0 Å². The first-order valence-electron chi connectivity index (χ1n) is 4.34. The first kappa shape index (κ1) is 12.4. The van der Waals surface area contributed by atoms with E-state index < -0.39 is 39.5 Å². The lowest BCUT2D eigenvalue weighted by atomic mass is 10.2. The molecule has 2 heterocycles. The van der Waals surface area contributed by atoms with Gasteiger partial charge in [-0.1, -0.05) is 11.6 Å². The van der Waals surface area contributed by atoms with E-state index in [0.29, 0.717) is 6.07 Å². The van der Waals surface area contributed by atoms with Crippen molar-refractivity contribution in [3.8, 4) is 11.5 Å². The maximum atomic E-state index is 12.6. The van der Waals surface area contributed by atoms with Gasteiger partial charge < -0.3 is 10.2 Å². The molecule has 0 amide bonds. The summed E-state index contributed by atoms with van der Waals surface area (Å²) >= 11 is 5.31. The van der Waals surface area contributed by atoms with Gasteiger partial charge in [0.15, 0.2) is 11.0 Å². The fourth-order valence-electron chi connectivity index (χ4n) is 1.31. The molecule has 0 spiro atoms. The Hall–Kier alpha value is -2.03. The normalized spacial score (nSPS) is 12.0. The predicted molar refractivity (Wildman–Crippen MR) is 52.9 cm³/mol. The number of hydrogen-bond donors (Lipinski definition) is 2. The molecule has 0 bridgehead atoms. The first-order valence-corrected chi connectivity index (χ1v) is 4.71. The summed E-state index contributed by atoms with van der Waals surface area (Å²) in [6.07, 6.45) is -4.83. The zero-order valence-corrected chi connectivity index (χ0v) is 9.00. The molecule has 2 rings (SSSR count). The Morgan fingerprint density at radius 3 is 2.56 bits per heavy atom. The van der Waals surface area contributed by atoms with Crippen LogP contribution in [0.15, 0.2) is 15.7 Å². The van der Waals surface area contributed by atoms with E-state index in [-0.39, 0.29) is 4.73 Å². The van der Waals surface area contributed by atoms with Crippen LogP contribution < -0.4 is 11.1 Å². The van der Waals surface area contributed by atoms with Crippen LogP contribution in [-0.2, 0) is 6.18 Å². The third-order valence-electron chi connectivity index (χ3n) is 2.09. The lowest BCUT2D eigenvalue weighted by molar-refractivity contribution is -0.138. The van der Waals surface area contributed by atoms with Crippen LogP contribution in [0.4, 0.5) is 13.2 Å². The van der Waals surface area contributed by atoms with Crippen LogP contribution >= 0.6 is 11.6 Å². The van der Waals surface area contributed by atoms with Gasteiger partial charge in [-0.15, -0.1) is 0 Å². The lowest BCUT2D eigenvalue weighted by Crippen LogP contribution is -2.32. The maximum absolute atomic E-state index is 12.6. The van der Waals surface area contributed by atoms with Gasteiger partial charge in [0.25, 0.3) is 0 Å². The number of fused-ring (bicyclic) bond motifs is 1. The van der Waals surface area contributed by atoms with Crippen molar-refractivity contribution < 1.29 is 18.4 Å². The highest BCUT2D eigenvalue weighted by molar-refractivity contribution is 6.30. The quantitative estimate of drug-likeness (QED) is 0.427. The van der Waals surface area contributed by atoms with E-state index >= 15 is 0 Å². The molecule has 0 aliphatic carbocycles. The number of aromatic amines is 1. The number of halogens is 4. The molecular weight excluding hydrogens is 279 g/mol. The van der Waals surface area contributed by atoms with E-state index in [1.165, 1.54) is 0 Å². The number of aromatic nitrogens is 3. The molecule has 2 N–H and O–H groups in total. The van der Waals surface area contributed by atoms with Crippen LogP contribution in [-0.4, -0.2) is 19.9 Å². The standard InChI is InChI=1S/C8H3ClF3N3O3/c9-4-2(8(10,11)12)1-3-5(15(4)18)14-7(17)6(16)13-3/h1,18H,(H,13,16). The van der Waals surface area contributed by atoms with Crippen LogP contribution in [0, 0.1) is 0 Å². The summed E-state index contributed by atoms with van der Waals surface area (Å²) in [5, 5.41) is 8.32. The molecule has 2 aliphatic rings. The molecule has 0 unspecified atom stereocenters. The van der Waals surface area contributed by atoms with Gasteiger partial charge in [-0.2, -0.15) is 22.9 Å². The minimum absolute atomic E-state index is 0.114. The molecule has 0 aromatic heterocycles. The highest BCUT2D eigenvalue weighted by Gasteiger charge is 2.36. The molecule has 2 aliphatic heterocycles. The Bertz CT molecular complexity index is 706. The van der Waals surface area contributed by atoms with Gasteiger partial charge in [0, 0.05) is 0 Å². The number of H-pyrrole nitrogens is 1. The summed E-state index contributed by atoms with van der Waals surface area (Å²) in [7, 11) is 0. The van der Waals surface area contributed by atoms with Crippen LogP contribution in [0.2, 0.25) is 5.15 Å². The number of nitrogens with one attached hydrogen (secondary N) is 1. The minimum Gasteiger partial charge on any atom is -0.425 e. The highest BCUT2D eigenvalue weighted by Crippen LogP contribution is 2.36. The number of hydrogen-bond acceptors (Lipinski definition) is 4. The van der Waals surface area contributed by atoms with Gasteiger partial charge in [0.2, 0.25) is 0 Å². The summed E-state index contributed by atoms with van der Waals surface area (Å²) < 4.78 is 37.5. The van der Waals surface area contributed by atoms with Crippen molar-refractivity contribution in [2.24, 2.45) is 0 Å². The number of alkyl halides is 3. The first-order chi connectivity index (χ1) is 8.21. The number of pyridine rings is 1. The lowest BCUT2D eigenvalue weighted by Gasteiger charge is -2.15. The molecule has 0 saturated heterocycles. The van der Waals surface area contributed by atoms with Crippen molar-refractivity contribution in [1.82, 2.24) is 14.7 Å². The molecule has 0 radical (unpaired) electrons. The van der Waals surface area contributed by atoms with Crippen molar-refractivity contribution in [2.75, 3.05) is 0 Å². The zero-order chi connectivity index (χ0) is 13.7. The molecule has 0 aromatic rings. The monoisotopic (exact) mass is 281 g/mol. The fraction of sp³-hybridized carbons (Fsp3) is 0.125. The molecule has 6 nitrogen and oxygen atoms in total. The second-order valence-corrected chi connectivity index (χ2v) is 3.62. The Morgan fingerprint density at radius 1 is 1.39 bits per heavy atom. The van der Waals surface area contributed by atoms with Crippen molar-refractivity contribution in [3.05, 3.63) is 37.5 Å². The topological polar surface area (TPSA) is 88.0 Å². The van der Waals surface area contributed by atoms with Crippen LogP contribution in [0.5, 0.6) is 0 Å². The van der Waals surface area contributed by atoms with Gasteiger partial charge in [-0.3, -0.25) is 9.59 Å². The third-order valence-corrected chi connectivity index (χ3v) is 2.46. The smallest absolute Gasteiger partial charge is 0.419 e. The summed E-state index contributed by atoms with van der Waals surface area (Å²) in [5.41, 5.74) is -4.27. The van der Waals surface area contributed by atoms with Crippen molar-refractivity contribution >= 4 is 11.6 Å². The van der Waals surface area contributed by atoms with Gasteiger partial charge in [-0.05, 0) is 6.07 Å². The molecular formula is C8H3ClF3N3O3. The Balaban J connectivity index is 2.94. The Kier molecular flexibility index (Phi) is 2.58. The van der Waals surface area contributed by atoms with Crippen molar-refractivity contribution in [1.29, 1.82) is 0 Å².